The fourth-order valence-electron chi connectivity index (χ4n) is 8.65. The average Bonchev–Trinajstić information content (AvgIpc) is 2.67. The monoisotopic (exact) mass is 387 g/mol. The van der Waals surface area contributed by atoms with Gasteiger partial charge in [0, 0.05) is 40.2 Å². The molecule has 0 radical (unpaired) electrons. The van der Waals surface area contributed by atoms with Crippen molar-refractivity contribution < 1.29 is 19.1 Å². The molecule has 154 valence electrons. The summed E-state index contributed by atoms with van der Waals surface area (Å²) in [6.07, 6.45) is 10.8. The lowest BCUT2D eigenvalue weighted by Gasteiger charge is -2.72. The van der Waals surface area contributed by atoms with E-state index in [1.165, 1.54) is 12.8 Å². The van der Waals surface area contributed by atoms with Gasteiger partial charge in [-0.2, -0.15) is 0 Å². The number of nitrogens with zero attached hydrogens (tertiary/aromatic N) is 1. The van der Waals surface area contributed by atoms with Crippen molar-refractivity contribution in [2.75, 3.05) is 27.3 Å². The quantitative estimate of drug-likeness (QED) is 0.539. The topological polar surface area (TPSA) is 55.8 Å². The van der Waals surface area contributed by atoms with Crippen molar-refractivity contribution in [3.8, 4) is 0 Å². The zero-order valence-electron chi connectivity index (χ0n) is 17.6. The summed E-state index contributed by atoms with van der Waals surface area (Å²) in [4.78, 5) is 27.9. The molecule has 6 atom stereocenters. The van der Waals surface area contributed by atoms with E-state index >= 15 is 0 Å². The second kappa shape index (κ2) is 5.69. The van der Waals surface area contributed by atoms with E-state index in [0.29, 0.717) is 11.8 Å². The number of amides is 1. The first kappa shape index (κ1) is 18.8. The maximum atomic E-state index is 13.3. The number of ketones is 1. The van der Waals surface area contributed by atoms with Gasteiger partial charge in [-0.05, 0) is 54.8 Å². The second-order valence-electron chi connectivity index (χ2n) is 10.4. The highest BCUT2D eigenvalue weighted by Crippen LogP contribution is 2.73. The van der Waals surface area contributed by atoms with E-state index in [4.69, 9.17) is 9.47 Å². The van der Waals surface area contributed by atoms with Crippen LogP contribution >= 0.6 is 0 Å². The van der Waals surface area contributed by atoms with Crippen molar-refractivity contribution in [3.05, 3.63) is 12.2 Å². The van der Waals surface area contributed by atoms with Crippen LogP contribution in [0.4, 0.5) is 0 Å². The zero-order valence-corrected chi connectivity index (χ0v) is 17.6. The average molecular weight is 388 g/mol. The molecule has 1 spiro atoms. The summed E-state index contributed by atoms with van der Waals surface area (Å²) >= 11 is 0. The minimum Gasteiger partial charge on any atom is -0.346 e. The molecule has 6 rings (SSSR count). The van der Waals surface area contributed by atoms with Gasteiger partial charge in [-0.25, -0.2) is 0 Å². The highest BCUT2D eigenvalue weighted by Gasteiger charge is 2.75. The third-order valence-corrected chi connectivity index (χ3v) is 9.53. The van der Waals surface area contributed by atoms with Gasteiger partial charge < -0.3 is 14.4 Å². The highest BCUT2D eigenvalue weighted by molar-refractivity contribution is 5.93. The number of hydrogen-bond donors (Lipinski definition) is 0. The fourth-order valence-corrected chi connectivity index (χ4v) is 8.65. The van der Waals surface area contributed by atoms with Crippen molar-refractivity contribution >= 4 is 11.7 Å². The van der Waals surface area contributed by atoms with Crippen LogP contribution in [-0.4, -0.2) is 49.7 Å². The summed E-state index contributed by atoms with van der Waals surface area (Å²) in [5, 5.41) is 0. The Morgan fingerprint density at radius 1 is 1.14 bits per heavy atom. The van der Waals surface area contributed by atoms with Crippen LogP contribution in [0.2, 0.25) is 0 Å². The Hall–Kier alpha value is -1.20. The van der Waals surface area contributed by atoms with Crippen LogP contribution in [0.15, 0.2) is 12.2 Å². The third-order valence-electron chi connectivity index (χ3n) is 9.53. The standard InChI is InChI=1S/C23H33NO4/c1-15(25)24-13-20(2)8-5-9-21(14-24)17(20)7-11-22-10-6-16(12-18(21)22)19(26)23(22,27-3)28-4/h6,10,16-18H,5,7-9,11-14H2,1-4H3/t16?,17-,18?,20+,21?,22+/m1/s1. The summed E-state index contributed by atoms with van der Waals surface area (Å²) in [5.41, 5.74) is -0.185. The van der Waals surface area contributed by atoms with Crippen molar-refractivity contribution in [2.45, 2.75) is 58.2 Å². The number of piperidine rings is 1. The summed E-state index contributed by atoms with van der Waals surface area (Å²) in [5.74, 6) is -0.128. The third kappa shape index (κ3) is 1.91. The molecule has 4 fully saturated rings. The Balaban J connectivity index is 1.68. The lowest BCUT2D eigenvalue weighted by molar-refractivity contribution is -0.312. The van der Waals surface area contributed by atoms with Crippen molar-refractivity contribution in [3.63, 3.8) is 0 Å². The molecule has 0 N–H and O–H groups in total. The van der Waals surface area contributed by atoms with Gasteiger partial charge in [0.05, 0.1) is 5.41 Å². The number of allylic oxidation sites excluding steroid dienone is 1. The molecule has 0 aromatic rings. The molecule has 1 saturated heterocycles. The number of carbonyl (C=O) groups excluding carboxylic acids is 2. The number of hydrogen-bond acceptors (Lipinski definition) is 4. The molecular formula is C23H33NO4. The Bertz CT molecular complexity index is 758. The minimum absolute atomic E-state index is 0.0567. The molecule has 0 aromatic heterocycles. The van der Waals surface area contributed by atoms with Crippen LogP contribution < -0.4 is 0 Å². The van der Waals surface area contributed by atoms with Crippen molar-refractivity contribution in [1.29, 1.82) is 0 Å². The number of methoxy groups -OCH3 is 2. The summed E-state index contributed by atoms with van der Waals surface area (Å²) in [7, 11) is 3.25. The van der Waals surface area contributed by atoms with E-state index in [2.05, 4.69) is 24.0 Å². The summed E-state index contributed by atoms with van der Waals surface area (Å²) in [6.45, 7) is 5.82. The molecule has 5 aliphatic carbocycles. The van der Waals surface area contributed by atoms with Gasteiger partial charge in [-0.15, -0.1) is 0 Å². The SMILES string of the molecule is COC1(OC)C(=O)C2C=C[C@@]13CC[C@H]1C4(CCC[C@@]1(C)CN(C(C)=O)C4)C3C2. The number of fused-ring (bicyclic) bond motifs is 1. The highest BCUT2D eigenvalue weighted by atomic mass is 16.7. The zero-order chi connectivity index (χ0) is 19.9. The molecule has 1 heterocycles. The Kier molecular flexibility index (Phi) is 3.82. The molecule has 4 bridgehead atoms. The number of likely N-dealkylation sites (tertiary alicyclic amines) is 1. The van der Waals surface area contributed by atoms with Crippen LogP contribution in [0.25, 0.3) is 0 Å². The van der Waals surface area contributed by atoms with Gasteiger partial charge in [0.25, 0.3) is 0 Å². The number of ether oxygens (including phenoxy) is 2. The van der Waals surface area contributed by atoms with Gasteiger partial charge in [-0.1, -0.05) is 25.5 Å². The van der Waals surface area contributed by atoms with Gasteiger partial charge in [-0.3, -0.25) is 9.59 Å². The van der Waals surface area contributed by atoms with E-state index in [1.54, 1.807) is 21.1 Å². The van der Waals surface area contributed by atoms with E-state index in [9.17, 15) is 9.59 Å². The molecule has 1 amide bonds. The van der Waals surface area contributed by atoms with E-state index < -0.39 is 11.2 Å². The van der Waals surface area contributed by atoms with E-state index in [0.717, 1.165) is 38.8 Å². The maximum Gasteiger partial charge on any atom is 0.238 e. The van der Waals surface area contributed by atoms with Gasteiger partial charge in [0.2, 0.25) is 11.7 Å². The van der Waals surface area contributed by atoms with Gasteiger partial charge in [0.1, 0.15) is 0 Å². The Morgan fingerprint density at radius 3 is 2.57 bits per heavy atom. The molecule has 6 aliphatic rings. The summed E-state index contributed by atoms with van der Waals surface area (Å²) < 4.78 is 11.9. The summed E-state index contributed by atoms with van der Waals surface area (Å²) in [6, 6.07) is 0. The van der Waals surface area contributed by atoms with E-state index in [1.807, 2.05) is 0 Å². The lowest BCUT2D eigenvalue weighted by atomic mass is 9.35. The Morgan fingerprint density at radius 2 is 1.89 bits per heavy atom. The predicted octanol–water partition coefficient (Wildman–Crippen LogP) is 3.19. The van der Waals surface area contributed by atoms with Gasteiger partial charge in [0.15, 0.2) is 5.78 Å². The first-order valence-electron chi connectivity index (χ1n) is 10.9. The van der Waals surface area contributed by atoms with Crippen LogP contribution in [0, 0.1) is 34.0 Å². The molecule has 3 unspecified atom stereocenters. The molecular weight excluding hydrogens is 354 g/mol. The number of Topliss-reactive ketones (excluding diaryl/α,β-unsaturated/α-hetero) is 1. The molecule has 28 heavy (non-hydrogen) atoms. The smallest absolute Gasteiger partial charge is 0.238 e. The van der Waals surface area contributed by atoms with Gasteiger partial charge >= 0.3 is 0 Å². The minimum atomic E-state index is -1.18. The molecule has 5 nitrogen and oxygen atoms in total. The lowest BCUT2D eigenvalue weighted by Crippen LogP contribution is -2.75. The molecule has 5 heteroatoms. The number of rotatable bonds is 2. The second-order valence-corrected chi connectivity index (χ2v) is 10.4. The van der Waals surface area contributed by atoms with Crippen molar-refractivity contribution in [2.24, 2.45) is 34.0 Å². The van der Waals surface area contributed by atoms with Crippen LogP contribution in [0.5, 0.6) is 0 Å². The fraction of sp³-hybridized carbons (Fsp3) is 0.826. The van der Waals surface area contributed by atoms with Crippen molar-refractivity contribution in [1.82, 2.24) is 4.90 Å². The molecule has 1 aliphatic heterocycles. The van der Waals surface area contributed by atoms with Crippen LogP contribution in [0.1, 0.15) is 52.4 Å². The Labute approximate surface area is 167 Å². The van der Waals surface area contributed by atoms with Crippen LogP contribution in [0.3, 0.4) is 0 Å². The predicted molar refractivity (Wildman–Crippen MR) is 104 cm³/mol. The first-order chi connectivity index (χ1) is 13.3. The first-order valence-corrected chi connectivity index (χ1v) is 10.9. The van der Waals surface area contributed by atoms with Crippen LogP contribution in [-0.2, 0) is 19.1 Å². The largest absolute Gasteiger partial charge is 0.346 e. The maximum absolute atomic E-state index is 13.3. The van der Waals surface area contributed by atoms with E-state index in [-0.39, 0.29) is 28.4 Å². The normalized spacial score (nSPS) is 48.2. The molecule has 0 aromatic carbocycles. The number of carbonyl (C=O) groups is 2. The molecule has 3 saturated carbocycles.